The quantitative estimate of drug-likeness (QED) is 0.0262. The molecule has 0 spiro atoms. The van der Waals surface area contributed by atoms with E-state index in [1.54, 1.807) is 0 Å². The summed E-state index contributed by atoms with van der Waals surface area (Å²) in [7, 11) is 0. The van der Waals surface area contributed by atoms with Crippen molar-refractivity contribution in [2.45, 2.75) is 271 Å². The summed E-state index contributed by atoms with van der Waals surface area (Å²) in [6, 6.07) is 0. The van der Waals surface area contributed by atoms with Gasteiger partial charge in [0.05, 0.1) is 0 Å². The number of allylic oxidation sites excluding steroid dienone is 14. The summed E-state index contributed by atoms with van der Waals surface area (Å²) in [6.07, 6.45) is 71.6. The van der Waals surface area contributed by atoms with E-state index >= 15 is 0 Å². The van der Waals surface area contributed by atoms with Crippen LogP contribution in [0, 0.1) is 0 Å². The number of carbonyl (C=O) groups is 3. The van der Waals surface area contributed by atoms with E-state index in [1.807, 2.05) is 0 Å². The van der Waals surface area contributed by atoms with Crippen LogP contribution in [0.1, 0.15) is 265 Å². The van der Waals surface area contributed by atoms with Gasteiger partial charge in [0.25, 0.3) is 0 Å². The normalized spacial score (nSPS) is 12.7. The van der Waals surface area contributed by atoms with Crippen molar-refractivity contribution < 1.29 is 28.6 Å². The summed E-state index contributed by atoms with van der Waals surface area (Å²) in [5.41, 5.74) is 0. The van der Waals surface area contributed by atoms with E-state index < -0.39 is 6.10 Å². The van der Waals surface area contributed by atoms with Crippen molar-refractivity contribution >= 4 is 17.9 Å². The minimum Gasteiger partial charge on any atom is -0.462 e. The first-order valence-corrected chi connectivity index (χ1v) is 28.1. The molecule has 0 saturated carbocycles. The third-order valence-electron chi connectivity index (χ3n) is 11.9. The molecule has 0 heterocycles. The van der Waals surface area contributed by atoms with E-state index in [0.717, 1.165) is 109 Å². The van der Waals surface area contributed by atoms with Gasteiger partial charge in [0.2, 0.25) is 0 Å². The van der Waals surface area contributed by atoms with Gasteiger partial charge in [-0.3, -0.25) is 14.4 Å². The number of hydrogen-bond donors (Lipinski definition) is 0. The van der Waals surface area contributed by atoms with Gasteiger partial charge in [-0.25, -0.2) is 0 Å². The fraction of sp³-hybridized carbons (Fsp3) is 0.721. The molecule has 0 radical (unpaired) electrons. The van der Waals surface area contributed by atoms with Crippen molar-refractivity contribution in [3.05, 3.63) is 85.1 Å². The fourth-order valence-electron chi connectivity index (χ4n) is 7.68. The highest BCUT2D eigenvalue weighted by molar-refractivity contribution is 5.71. The molecule has 1 unspecified atom stereocenters. The molecule has 0 aliphatic rings. The van der Waals surface area contributed by atoms with Crippen molar-refractivity contribution in [2.24, 2.45) is 0 Å². The molecule has 0 aromatic heterocycles. The molecule has 0 N–H and O–H groups in total. The van der Waals surface area contributed by atoms with Gasteiger partial charge in [-0.15, -0.1) is 0 Å². The van der Waals surface area contributed by atoms with Gasteiger partial charge in [0.1, 0.15) is 13.2 Å². The topological polar surface area (TPSA) is 78.9 Å². The standard InChI is InChI=1S/C61H104O6/c1-4-7-10-13-16-19-21-23-24-25-26-27-28-29-30-31-32-33-34-35-36-37-38-39-41-42-45-48-51-54-60(63)66-57-58(56-65-59(62)53-50-47-44-18-15-12-9-6-3)67-61(64)55-52-49-46-43-40-22-20-17-14-11-8-5-2/h7,10,16-17,19-20,23-24,26-27,29-30,32-33,58H,4-6,8-9,11-15,18,21-22,25,28,31,34-57H2,1-3H3/b10-7-,19-16-,20-17-,24-23-,27-26-,30-29-,33-32-. The molecule has 67 heavy (non-hydrogen) atoms. The highest BCUT2D eigenvalue weighted by atomic mass is 16.6. The van der Waals surface area contributed by atoms with Crippen LogP contribution in [0.2, 0.25) is 0 Å². The third kappa shape index (κ3) is 53.4. The van der Waals surface area contributed by atoms with Crippen molar-refractivity contribution in [3.8, 4) is 0 Å². The van der Waals surface area contributed by atoms with Crippen LogP contribution in [-0.4, -0.2) is 37.2 Å². The summed E-state index contributed by atoms with van der Waals surface area (Å²) in [4.78, 5) is 37.9. The molecule has 384 valence electrons. The number of hydrogen-bond acceptors (Lipinski definition) is 6. The highest BCUT2D eigenvalue weighted by Gasteiger charge is 2.19. The fourth-order valence-corrected chi connectivity index (χ4v) is 7.68. The molecule has 0 saturated heterocycles. The Morgan fingerprint density at radius 2 is 0.582 bits per heavy atom. The Hall–Kier alpha value is -3.41. The van der Waals surface area contributed by atoms with Gasteiger partial charge < -0.3 is 14.2 Å². The van der Waals surface area contributed by atoms with Crippen molar-refractivity contribution in [2.75, 3.05) is 13.2 Å². The number of ether oxygens (including phenoxy) is 3. The number of unbranched alkanes of at least 4 members (excludes halogenated alkanes) is 25. The molecule has 0 rings (SSSR count). The van der Waals surface area contributed by atoms with Crippen LogP contribution in [0.5, 0.6) is 0 Å². The second-order valence-electron chi connectivity index (χ2n) is 18.5. The largest absolute Gasteiger partial charge is 0.462 e. The lowest BCUT2D eigenvalue weighted by molar-refractivity contribution is -0.167. The first kappa shape index (κ1) is 63.6. The average Bonchev–Trinajstić information content (AvgIpc) is 3.33. The van der Waals surface area contributed by atoms with Crippen LogP contribution in [0.4, 0.5) is 0 Å². The molecular weight excluding hydrogens is 829 g/mol. The molecule has 6 nitrogen and oxygen atoms in total. The first-order chi connectivity index (χ1) is 33.0. The Bertz CT molecular complexity index is 1300. The molecule has 6 heteroatoms. The van der Waals surface area contributed by atoms with Crippen LogP contribution in [0.3, 0.4) is 0 Å². The summed E-state index contributed by atoms with van der Waals surface area (Å²) in [5.74, 6) is -0.895. The average molecular weight is 933 g/mol. The zero-order valence-corrected chi connectivity index (χ0v) is 43.9. The van der Waals surface area contributed by atoms with E-state index in [1.165, 1.54) is 116 Å². The Balaban J connectivity index is 4.14. The summed E-state index contributed by atoms with van der Waals surface area (Å²) in [5, 5.41) is 0. The van der Waals surface area contributed by atoms with Crippen LogP contribution in [0.25, 0.3) is 0 Å². The van der Waals surface area contributed by atoms with E-state index in [-0.39, 0.29) is 31.1 Å². The zero-order chi connectivity index (χ0) is 48.6. The Morgan fingerprint density at radius 1 is 0.313 bits per heavy atom. The smallest absolute Gasteiger partial charge is 0.306 e. The SMILES string of the molecule is CC/C=C\C/C=C\C/C=C\C/C=C\C/C=C\C/C=C\CCCCCCCCCCCCC(=O)OCC(COC(=O)CCCCCCCCCC)OC(=O)CCCCCCC/C=C\CCCCC. The van der Waals surface area contributed by atoms with Crippen molar-refractivity contribution in [1.82, 2.24) is 0 Å². The monoisotopic (exact) mass is 933 g/mol. The number of esters is 3. The molecule has 0 aliphatic heterocycles. The lowest BCUT2D eigenvalue weighted by atomic mass is 10.1. The Labute approximate surface area is 414 Å². The predicted octanol–water partition coefficient (Wildman–Crippen LogP) is 18.8. The van der Waals surface area contributed by atoms with Gasteiger partial charge >= 0.3 is 17.9 Å². The van der Waals surface area contributed by atoms with Crippen LogP contribution in [0.15, 0.2) is 85.1 Å². The molecular formula is C61H104O6. The predicted molar refractivity (Wildman–Crippen MR) is 288 cm³/mol. The number of rotatable bonds is 50. The molecule has 0 fully saturated rings. The van der Waals surface area contributed by atoms with Gasteiger partial charge in [0.15, 0.2) is 6.10 Å². The lowest BCUT2D eigenvalue weighted by Gasteiger charge is -2.18. The second-order valence-corrected chi connectivity index (χ2v) is 18.5. The summed E-state index contributed by atoms with van der Waals surface area (Å²) in [6.45, 7) is 6.46. The number of carbonyl (C=O) groups excluding carboxylic acids is 3. The van der Waals surface area contributed by atoms with E-state index in [2.05, 4.69) is 106 Å². The highest BCUT2D eigenvalue weighted by Crippen LogP contribution is 2.15. The lowest BCUT2D eigenvalue weighted by Crippen LogP contribution is -2.30. The Kier molecular flexibility index (Phi) is 52.4. The maximum atomic E-state index is 12.8. The van der Waals surface area contributed by atoms with Crippen LogP contribution < -0.4 is 0 Å². The van der Waals surface area contributed by atoms with Crippen LogP contribution in [-0.2, 0) is 28.6 Å². The maximum Gasteiger partial charge on any atom is 0.306 e. The Morgan fingerprint density at radius 3 is 0.955 bits per heavy atom. The molecule has 1 atom stereocenters. The molecule has 0 bridgehead atoms. The van der Waals surface area contributed by atoms with Gasteiger partial charge in [-0.05, 0) is 96.3 Å². The summed E-state index contributed by atoms with van der Waals surface area (Å²) >= 11 is 0. The van der Waals surface area contributed by atoms with Gasteiger partial charge in [-0.1, -0.05) is 234 Å². The third-order valence-corrected chi connectivity index (χ3v) is 11.9. The van der Waals surface area contributed by atoms with E-state index in [4.69, 9.17) is 14.2 Å². The van der Waals surface area contributed by atoms with E-state index in [9.17, 15) is 14.4 Å². The zero-order valence-electron chi connectivity index (χ0n) is 43.9. The first-order valence-electron chi connectivity index (χ1n) is 28.1. The minimum absolute atomic E-state index is 0.0791. The molecule has 0 aliphatic carbocycles. The molecule has 0 aromatic carbocycles. The minimum atomic E-state index is -0.778. The van der Waals surface area contributed by atoms with Gasteiger partial charge in [0, 0.05) is 19.3 Å². The maximum absolute atomic E-state index is 12.8. The summed E-state index contributed by atoms with van der Waals surface area (Å²) < 4.78 is 16.8. The molecule has 0 amide bonds. The van der Waals surface area contributed by atoms with Crippen molar-refractivity contribution in [3.63, 3.8) is 0 Å². The van der Waals surface area contributed by atoms with Crippen molar-refractivity contribution in [1.29, 1.82) is 0 Å². The van der Waals surface area contributed by atoms with Gasteiger partial charge in [-0.2, -0.15) is 0 Å². The second kappa shape index (κ2) is 55.2. The van der Waals surface area contributed by atoms with Crippen LogP contribution >= 0.6 is 0 Å². The molecule has 0 aromatic rings. The van der Waals surface area contributed by atoms with E-state index in [0.29, 0.717) is 19.3 Å².